The molecule has 0 aromatic rings. The minimum atomic E-state index is 0.960. The maximum Gasteiger partial charge on any atom is -0.0288 e. The van der Waals surface area contributed by atoms with Gasteiger partial charge < -0.3 is 0 Å². The van der Waals surface area contributed by atoms with Crippen molar-refractivity contribution in [1.82, 2.24) is 0 Å². The Bertz CT molecular complexity index is 270. The normalized spacial score (nSPS) is 26.6. The first-order chi connectivity index (χ1) is 8.13. The third-order valence-electron chi connectivity index (χ3n) is 4.40. The molecule has 0 nitrogen and oxygen atoms in total. The van der Waals surface area contributed by atoms with Gasteiger partial charge in [-0.3, -0.25) is 0 Å². The lowest BCUT2D eigenvalue weighted by molar-refractivity contribution is 0.423. The molecule has 0 radical (unpaired) electrons. The quantitative estimate of drug-likeness (QED) is 0.502. The van der Waals surface area contributed by atoms with E-state index in [0.717, 1.165) is 11.8 Å². The number of hydrogen-bond acceptors (Lipinski definition) is 0. The standard InChI is InChI=1S/C17H30/c1-5-14(2)8-6-9-15(3)12-13-17-11-7-10-16(17)4/h8,12,16-17H,5-7,9-11,13H2,1-4H3. The van der Waals surface area contributed by atoms with Crippen LogP contribution in [-0.2, 0) is 0 Å². The lowest BCUT2D eigenvalue weighted by Crippen LogP contribution is -2.02. The van der Waals surface area contributed by atoms with E-state index < -0.39 is 0 Å². The molecule has 1 aliphatic rings. The van der Waals surface area contributed by atoms with Gasteiger partial charge in [0.1, 0.15) is 0 Å². The van der Waals surface area contributed by atoms with E-state index in [2.05, 4.69) is 39.8 Å². The lowest BCUT2D eigenvalue weighted by Gasteiger charge is -2.12. The average Bonchev–Trinajstić information content (AvgIpc) is 2.72. The van der Waals surface area contributed by atoms with Crippen LogP contribution >= 0.6 is 0 Å². The van der Waals surface area contributed by atoms with Crippen LogP contribution in [0, 0.1) is 11.8 Å². The van der Waals surface area contributed by atoms with Crippen molar-refractivity contribution in [3.8, 4) is 0 Å². The third-order valence-corrected chi connectivity index (χ3v) is 4.40. The summed E-state index contributed by atoms with van der Waals surface area (Å²) < 4.78 is 0. The largest absolute Gasteiger partial charge is 0.0853 e. The topological polar surface area (TPSA) is 0 Å². The van der Waals surface area contributed by atoms with Gasteiger partial charge in [-0.15, -0.1) is 0 Å². The summed E-state index contributed by atoms with van der Waals surface area (Å²) in [5.41, 5.74) is 3.12. The Balaban J connectivity index is 2.25. The van der Waals surface area contributed by atoms with E-state index in [-0.39, 0.29) is 0 Å². The summed E-state index contributed by atoms with van der Waals surface area (Å²) in [6.45, 7) is 9.19. The summed E-state index contributed by atoms with van der Waals surface area (Å²) in [6, 6.07) is 0. The molecule has 0 heterocycles. The van der Waals surface area contributed by atoms with Crippen molar-refractivity contribution in [2.24, 2.45) is 11.8 Å². The first-order valence-electron chi connectivity index (χ1n) is 7.44. The SMILES string of the molecule is CCC(C)=CCCC(C)=CCC1CCCC1C. The maximum atomic E-state index is 2.50. The summed E-state index contributed by atoms with van der Waals surface area (Å²) in [4.78, 5) is 0. The first kappa shape index (κ1) is 14.5. The predicted octanol–water partition coefficient (Wildman–Crippen LogP) is 5.90. The zero-order chi connectivity index (χ0) is 12.7. The Morgan fingerprint density at radius 1 is 1.12 bits per heavy atom. The van der Waals surface area contributed by atoms with E-state index in [1.807, 2.05) is 0 Å². The molecule has 2 unspecified atom stereocenters. The summed E-state index contributed by atoms with van der Waals surface area (Å²) in [5.74, 6) is 1.93. The second-order valence-electron chi connectivity index (χ2n) is 5.90. The maximum absolute atomic E-state index is 2.50. The highest BCUT2D eigenvalue weighted by atomic mass is 14.3. The molecule has 1 rings (SSSR count). The van der Waals surface area contributed by atoms with E-state index in [1.165, 1.54) is 50.5 Å². The van der Waals surface area contributed by atoms with Crippen molar-refractivity contribution in [1.29, 1.82) is 0 Å². The highest BCUT2D eigenvalue weighted by molar-refractivity contribution is 5.04. The Morgan fingerprint density at radius 2 is 1.88 bits per heavy atom. The molecular weight excluding hydrogens is 204 g/mol. The van der Waals surface area contributed by atoms with E-state index in [1.54, 1.807) is 5.57 Å². The Kier molecular flexibility index (Phi) is 6.62. The van der Waals surface area contributed by atoms with E-state index >= 15 is 0 Å². The molecule has 1 saturated carbocycles. The van der Waals surface area contributed by atoms with Crippen LogP contribution in [0.5, 0.6) is 0 Å². The predicted molar refractivity (Wildman–Crippen MR) is 78.2 cm³/mol. The number of allylic oxidation sites excluding steroid dienone is 4. The van der Waals surface area contributed by atoms with E-state index in [0.29, 0.717) is 0 Å². The van der Waals surface area contributed by atoms with Crippen LogP contribution in [0.15, 0.2) is 23.3 Å². The zero-order valence-corrected chi connectivity index (χ0v) is 12.3. The van der Waals surface area contributed by atoms with Gasteiger partial charge in [-0.25, -0.2) is 0 Å². The second-order valence-corrected chi connectivity index (χ2v) is 5.90. The number of hydrogen-bond donors (Lipinski definition) is 0. The summed E-state index contributed by atoms with van der Waals surface area (Å²) in [5, 5.41) is 0. The van der Waals surface area contributed by atoms with Gasteiger partial charge >= 0.3 is 0 Å². The third kappa shape index (κ3) is 5.57. The van der Waals surface area contributed by atoms with E-state index in [4.69, 9.17) is 0 Å². The summed E-state index contributed by atoms with van der Waals surface area (Å²) >= 11 is 0. The first-order valence-corrected chi connectivity index (χ1v) is 7.44. The van der Waals surface area contributed by atoms with Crippen molar-refractivity contribution >= 4 is 0 Å². The van der Waals surface area contributed by atoms with Crippen molar-refractivity contribution < 1.29 is 0 Å². The van der Waals surface area contributed by atoms with Gasteiger partial charge in [0.15, 0.2) is 0 Å². The second kappa shape index (κ2) is 7.74. The van der Waals surface area contributed by atoms with Crippen molar-refractivity contribution in [2.75, 3.05) is 0 Å². The van der Waals surface area contributed by atoms with Crippen LogP contribution in [0.3, 0.4) is 0 Å². The molecule has 1 aliphatic carbocycles. The van der Waals surface area contributed by atoms with Crippen LogP contribution < -0.4 is 0 Å². The van der Waals surface area contributed by atoms with Gasteiger partial charge in [-0.2, -0.15) is 0 Å². The lowest BCUT2D eigenvalue weighted by atomic mass is 9.93. The smallest absolute Gasteiger partial charge is 0.0288 e. The summed E-state index contributed by atoms with van der Waals surface area (Å²) in [7, 11) is 0. The van der Waals surface area contributed by atoms with E-state index in [9.17, 15) is 0 Å². The molecule has 0 spiro atoms. The van der Waals surface area contributed by atoms with Gasteiger partial charge in [0.25, 0.3) is 0 Å². The fraction of sp³-hybridized carbons (Fsp3) is 0.765. The molecular formula is C17H30. The molecule has 0 aromatic heterocycles. The van der Waals surface area contributed by atoms with Crippen LogP contribution in [-0.4, -0.2) is 0 Å². The van der Waals surface area contributed by atoms with Crippen molar-refractivity contribution in [3.05, 3.63) is 23.3 Å². The van der Waals surface area contributed by atoms with Crippen molar-refractivity contribution in [2.45, 2.75) is 72.6 Å². The van der Waals surface area contributed by atoms with Crippen LogP contribution in [0.1, 0.15) is 72.6 Å². The molecule has 2 atom stereocenters. The van der Waals surface area contributed by atoms with Crippen LogP contribution in [0.2, 0.25) is 0 Å². The highest BCUT2D eigenvalue weighted by Gasteiger charge is 2.21. The molecule has 0 amide bonds. The van der Waals surface area contributed by atoms with Crippen LogP contribution in [0.25, 0.3) is 0 Å². The molecule has 0 bridgehead atoms. The van der Waals surface area contributed by atoms with Gasteiger partial charge in [-0.1, -0.05) is 50.0 Å². The highest BCUT2D eigenvalue weighted by Crippen LogP contribution is 2.34. The summed E-state index contributed by atoms with van der Waals surface area (Å²) in [6.07, 6.45) is 14.3. The monoisotopic (exact) mass is 234 g/mol. The molecule has 0 aromatic carbocycles. The van der Waals surface area contributed by atoms with Crippen LogP contribution in [0.4, 0.5) is 0 Å². The zero-order valence-electron chi connectivity index (χ0n) is 12.3. The van der Waals surface area contributed by atoms with Gasteiger partial charge in [0.05, 0.1) is 0 Å². The molecule has 1 fully saturated rings. The molecule has 0 N–H and O–H groups in total. The molecule has 0 heteroatoms. The molecule has 17 heavy (non-hydrogen) atoms. The molecule has 0 saturated heterocycles. The minimum absolute atomic E-state index is 0.960. The number of rotatable bonds is 6. The molecule has 0 aliphatic heterocycles. The average molecular weight is 234 g/mol. The van der Waals surface area contributed by atoms with Gasteiger partial charge in [0.2, 0.25) is 0 Å². The Labute approximate surface area is 108 Å². The molecule has 98 valence electrons. The minimum Gasteiger partial charge on any atom is -0.0853 e. The Hall–Kier alpha value is -0.520. The fourth-order valence-corrected chi connectivity index (χ4v) is 2.72. The van der Waals surface area contributed by atoms with Gasteiger partial charge in [-0.05, 0) is 57.8 Å². The Morgan fingerprint density at radius 3 is 2.47 bits per heavy atom. The van der Waals surface area contributed by atoms with Gasteiger partial charge in [0, 0.05) is 0 Å². The van der Waals surface area contributed by atoms with Crippen molar-refractivity contribution in [3.63, 3.8) is 0 Å². The fourth-order valence-electron chi connectivity index (χ4n) is 2.72.